The summed E-state index contributed by atoms with van der Waals surface area (Å²) in [4.78, 5) is 0. The molecule has 1 aliphatic carbocycles. The molecule has 2 unspecified atom stereocenters. The topological polar surface area (TPSA) is 52.0 Å². The van der Waals surface area contributed by atoms with Gasteiger partial charge in [-0.1, -0.05) is 19.0 Å². The molecule has 0 amide bonds. The van der Waals surface area contributed by atoms with E-state index in [-0.39, 0.29) is 11.5 Å². The van der Waals surface area contributed by atoms with E-state index in [0.29, 0.717) is 5.92 Å². The van der Waals surface area contributed by atoms with Crippen molar-refractivity contribution >= 4 is 0 Å². The second-order valence-electron chi connectivity index (χ2n) is 4.16. The molecule has 1 aromatic rings. The third-order valence-corrected chi connectivity index (χ3v) is 3.03. The highest BCUT2D eigenvalue weighted by atomic mass is 16.5. The lowest BCUT2D eigenvalue weighted by molar-refractivity contribution is 0.395. The normalized spacial score (nSPS) is 32.0. The molecule has 3 nitrogen and oxygen atoms in total. The maximum atomic E-state index is 5.93. The summed E-state index contributed by atoms with van der Waals surface area (Å²) >= 11 is 0. The molecule has 0 spiro atoms. The molecule has 0 bridgehead atoms. The van der Waals surface area contributed by atoms with E-state index in [9.17, 15) is 0 Å². The Labute approximate surface area is 71.9 Å². The van der Waals surface area contributed by atoms with Crippen molar-refractivity contribution in [2.24, 2.45) is 11.1 Å². The maximum Gasteiger partial charge on any atom is 0.137 e. The molecule has 0 aromatic carbocycles. The van der Waals surface area contributed by atoms with Crippen LogP contribution in [0.3, 0.4) is 0 Å². The lowest BCUT2D eigenvalue weighted by Gasteiger charge is -1.98. The number of nitrogens with zero attached hydrogens (tertiary/aromatic N) is 1. The van der Waals surface area contributed by atoms with Gasteiger partial charge in [0.1, 0.15) is 5.76 Å². The Morgan fingerprint density at radius 3 is 2.50 bits per heavy atom. The van der Waals surface area contributed by atoms with E-state index in [1.54, 1.807) is 6.20 Å². The molecule has 3 heteroatoms. The average molecular weight is 166 g/mol. The fourth-order valence-electron chi connectivity index (χ4n) is 1.88. The first-order valence-corrected chi connectivity index (χ1v) is 4.22. The molecule has 1 aliphatic rings. The Balaban J connectivity index is 2.30. The molecule has 1 aromatic heterocycles. The lowest BCUT2D eigenvalue weighted by Crippen LogP contribution is -2.06. The lowest BCUT2D eigenvalue weighted by atomic mass is 10.0. The molecule has 2 N–H and O–H groups in total. The van der Waals surface area contributed by atoms with E-state index in [2.05, 4.69) is 19.0 Å². The highest BCUT2D eigenvalue weighted by Gasteiger charge is 2.57. The minimum atomic E-state index is 0.219. The molecule has 12 heavy (non-hydrogen) atoms. The Hall–Kier alpha value is -0.830. The third-order valence-electron chi connectivity index (χ3n) is 3.03. The summed E-state index contributed by atoms with van der Waals surface area (Å²) in [5, 5.41) is 3.75. The molecule has 0 radical (unpaired) electrons. The van der Waals surface area contributed by atoms with Crippen molar-refractivity contribution in [2.75, 3.05) is 0 Å². The van der Waals surface area contributed by atoms with Crippen LogP contribution in [0.5, 0.6) is 0 Å². The van der Waals surface area contributed by atoms with E-state index >= 15 is 0 Å². The van der Waals surface area contributed by atoms with Crippen LogP contribution in [0.1, 0.15) is 31.1 Å². The van der Waals surface area contributed by atoms with Gasteiger partial charge in [-0.25, -0.2) is 0 Å². The van der Waals surface area contributed by atoms with Crippen molar-refractivity contribution in [2.45, 2.75) is 32.7 Å². The molecule has 2 rings (SSSR count). The van der Waals surface area contributed by atoms with Gasteiger partial charge in [0.2, 0.25) is 0 Å². The van der Waals surface area contributed by atoms with Crippen LogP contribution in [0, 0.1) is 12.3 Å². The van der Waals surface area contributed by atoms with Crippen LogP contribution in [0.15, 0.2) is 10.7 Å². The molecule has 0 saturated heterocycles. The van der Waals surface area contributed by atoms with Crippen LogP contribution in [0.2, 0.25) is 0 Å². The van der Waals surface area contributed by atoms with Gasteiger partial charge >= 0.3 is 0 Å². The first-order valence-electron chi connectivity index (χ1n) is 4.22. The summed E-state index contributed by atoms with van der Waals surface area (Å²) in [6.07, 6.45) is 1.79. The number of hydrogen-bond acceptors (Lipinski definition) is 3. The zero-order chi connectivity index (χ0) is 8.93. The van der Waals surface area contributed by atoms with Gasteiger partial charge in [0, 0.05) is 17.5 Å². The highest BCUT2D eigenvalue weighted by Crippen LogP contribution is 2.57. The van der Waals surface area contributed by atoms with Crippen molar-refractivity contribution in [3.63, 3.8) is 0 Å². The van der Waals surface area contributed by atoms with E-state index in [1.165, 1.54) is 5.56 Å². The number of rotatable bonds is 1. The summed E-state index contributed by atoms with van der Waals surface area (Å²) in [6, 6.07) is 0.260. The minimum absolute atomic E-state index is 0.219. The Bertz CT molecular complexity index is 303. The summed E-state index contributed by atoms with van der Waals surface area (Å²) in [7, 11) is 0. The number of nitrogens with two attached hydrogens (primary N) is 1. The smallest absolute Gasteiger partial charge is 0.137 e. The molecular weight excluding hydrogens is 152 g/mol. The van der Waals surface area contributed by atoms with Crippen LogP contribution >= 0.6 is 0 Å². The molecule has 1 fully saturated rings. The van der Waals surface area contributed by atoms with Gasteiger partial charge in [-0.15, -0.1) is 0 Å². The SMILES string of the molecule is Cc1oncc1C1C(N)C1(C)C. The van der Waals surface area contributed by atoms with Gasteiger partial charge in [-0.05, 0) is 12.3 Å². The predicted octanol–water partition coefficient (Wildman–Crippen LogP) is 1.43. The predicted molar refractivity (Wildman–Crippen MR) is 45.7 cm³/mol. The van der Waals surface area contributed by atoms with Gasteiger partial charge in [-0.2, -0.15) is 0 Å². The number of aromatic nitrogens is 1. The van der Waals surface area contributed by atoms with Crippen LogP contribution in [-0.2, 0) is 0 Å². The molecular formula is C9H14N2O. The number of hydrogen-bond donors (Lipinski definition) is 1. The standard InChI is InChI=1S/C9H14N2O/c1-5-6(4-11-12-5)7-8(10)9(7,2)3/h4,7-8H,10H2,1-3H3. The van der Waals surface area contributed by atoms with Crippen molar-refractivity contribution in [1.82, 2.24) is 5.16 Å². The number of aryl methyl sites for hydroxylation is 1. The Morgan fingerprint density at radius 2 is 2.17 bits per heavy atom. The highest BCUT2D eigenvalue weighted by molar-refractivity contribution is 5.33. The molecule has 66 valence electrons. The first-order chi connectivity index (χ1) is 5.55. The van der Waals surface area contributed by atoms with E-state index in [1.807, 2.05) is 6.92 Å². The summed E-state index contributed by atoms with van der Waals surface area (Å²) in [5.41, 5.74) is 7.33. The van der Waals surface area contributed by atoms with Crippen molar-refractivity contribution < 1.29 is 4.52 Å². The van der Waals surface area contributed by atoms with Crippen molar-refractivity contribution in [3.05, 3.63) is 17.5 Å². The van der Waals surface area contributed by atoms with Crippen LogP contribution in [-0.4, -0.2) is 11.2 Å². The molecule has 1 saturated carbocycles. The van der Waals surface area contributed by atoms with Gasteiger partial charge in [-0.3, -0.25) is 0 Å². The van der Waals surface area contributed by atoms with E-state index in [4.69, 9.17) is 10.3 Å². The largest absolute Gasteiger partial charge is 0.361 e. The Kier molecular flexibility index (Phi) is 1.37. The average Bonchev–Trinajstić information content (AvgIpc) is 2.39. The maximum absolute atomic E-state index is 5.93. The molecule has 0 aliphatic heterocycles. The van der Waals surface area contributed by atoms with Crippen molar-refractivity contribution in [3.8, 4) is 0 Å². The van der Waals surface area contributed by atoms with E-state index < -0.39 is 0 Å². The zero-order valence-corrected chi connectivity index (χ0v) is 7.66. The fraction of sp³-hybridized carbons (Fsp3) is 0.667. The summed E-state index contributed by atoms with van der Waals surface area (Å²) in [6.45, 7) is 6.28. The van der Waals surface area contributed by atoms with Gasteiger partial charge < -0.3 is 10.3 Å². The van der Waals surface area contributed by atoms with Crippen LogP contribution in [0.4, 0.5) is 0 Å². The summed E-state index contributed by atoms with van der Waals surface area (Å²) in [5.74, 6) is 1.34. The monoisotopic (exact) mass is 166 g/mol. The summed E-state index contributed by atoms with van der Waals surface area (Å²) < 4.78 is 5.00. The zero-order valence-electron chi connectivity index (χ0n) is 7.66. The van der Waals surface area contributed by atoms with Gasteiger partial charge in [0.15, 0.2) is 0 Å². The second-order valence-corrected chi connectivity index (χ2v) is 4.16. The van der Waals surface area contributed by atoms with Crippen molar-refractivity contribution in [1.29, 1.82) is 0 Å². The quantitative estimate of drug-likeness (QED) is 0.686. The molecule has 2 atom stereocenters. The third kappa shape index (κ3) is 0.829. The molecule has 1 heterocycles. The first kappa shape index (κ1) is 7.80. The van der Waals surface area contributed by atoms with Gasteiger partial charge in [0.05, 0.1) is 6.20 Å². The Morgan fingerprint density at radius 1 is 1.58 bits per heavy atom. The van der Waals surface area contributed by atoms with E-state index in [0.717, 1.165) is 5.76 Å². The minimum Gasteiger partial charge on any atom is -0.361 e. The van der Waals surface area contributed by atoms with Crippen LogP contribution in [0.25, 0.3) is 0 Å². The second kappa shape index (κ2) is 2.10. The van der Waals surface area contributed by atoms with Crippen LogP contribution < -0.4 is 5.73 Å². The fourth-order valence-corrected chi connectivity index (χ4v) is 1.88. The van der Waals surface area contributed by atoms with Gasteiger partial charge in [0.25, 0.3) is 0 Å².